The molecule has 0 atom stereocenters. The molecule has 2 aromatic heterocycles. The average Bonchev–Trinajstić information content (AvgIpc) is 3.31. The fourth-order valence-electron chi connectivity index (χ4n) is 2.58. The Morgan fingerprint density at radius 2 is 2.12 bits per heavy atom. The molecule has 0 radical (unpaired) electrons. The summed E-state index contributed by atoms with van der Waals surface area (Å²) in [5, 5.41) is 6.46. The predicted octanol–water partition coefficient (Wildman–Crippen LogP) is 3.17. The largest absolute Gasteiger partial charge is 0.433 e. The third-order valence-electron chi connectivity index (χ3n) is 4.02. The molecule has 0 bridgehead atoms. The molecule has 0 saturated heterocycles. The summed E-state index contributed by atoms with van der Waals surface area (Å²) in [6.45, 7) is 4.67. The molecule has 2 heterocycles. The highest BCUT2D eigenvalue weighted by Gasteiger charge is 2.37. The summed E-state index contributed by atoms with van der Waals surface area (Å²) >= 11 is 0. The van der Waals surface area contributed by atoms with E-state index < -0.39 is 17.8 Å². The number of ether oxygens (including phenoxy) is 1. The molecule has 1 aliphatic carbocycles. The quantitative estimate of drug-likeness (QED) is 0.760. The van der Waals surface area contributed by atoms with Crippen LogP contribution in [0.15, 0.2) is 12.1 Å². The van der Waals surface area contributed by atoms with E-state index in [1.807, 2.05) is 13.8 Å². The number of aromatic nitrogens is 3. The molecule has 2 aromatic rings. The van der Waals surface area contributed by atoms with E-state index in [0.29, 0.717) is 29.8 Å². The maximum Gasteiger partial charge on any atom is 0.433 e. The zero-order valence-electron chi connectivity index (χ0n) is 14.6. The molecule has 0 aromatic carbocycles. The van der Waals surface area contributed by atoms with Crippen molar-refractivity contribution in [2.75, 3.05) is 13.2 Å². The van der Waals surface area contributed by atoms with E-state index >= 15 is 0 Å². The van der Waals surface area contributed by atoms with Crippen LogP contribution < -0.4 is 5.32 Å². The predicted molar refractivity (Wildman–Crippen MR) is 88.0 cm³/mol. The number of hydrogen-bond acceptors (Lipinski definition) is 4. The Balaban J connectivity index is 1.76. The Hall–Kier alpha value is -2.16. The average molecular weight is 370 g/mol. The number of carbonyl (C=O) groups is 1. The van der Waals surface area contributed by atoms with Gasteiger partial charge in [0.2, 0.25) is 0 Å². The molecule has 1 N–H and O–H groups in total. The maximum atomic E-state index is 13.3. The number of fused-ring (bicyclic) bond motifs is 1. The van der Waals surface area contributed by atoms with E-state index in [1.54, 1.807) is 0 Å². The first kappa shape index (κ1) is 18.6. The summed E-state index contributed by atoms with van der Waals surface area (Å²) in [5.41, 5.74) is -0.549. The number of amides is 1. The molecule has 0 aliphatic heterocycles. The van der Waals surface area contributed by atoms with E-state index in [4.69, 9.17) is 4.74 Å². The number of hydrogen-bond donors (Lipinski definition) is 1. The zero-order valence-corrected chi connectivity index (χ0v) is 14.6. The summed E-state index contributed by atoms with van der Waals surface area (Å²) in [4.78, 5) is 16.4. The fourth-order valence-corrected chi connectivity index (χ4v) is 2.58. The number of nitrogens with zero attached hydrogens (tertiary/aromatic N) is 3. The zero-order chi connectivity index (χ0) is 18.9. The van der Waals surface area contributed by atoms with Crippen molar-refractivity contribution in [1.29, 1.82) is 0 Å². The van der Waals surface area contributed by atoms with Crippen molar-refractivity contribution in [2.24, 2.45) is 0 Å². The molecule has 1 aliphatic rings. The van der Waals surface area contributed by atoms with E-state index in [-0.39, 0.29) is 23.4 Å². The minimum absolute atomic E-state index is 0.0371. The second-order valence-corrected chi connectivity index (χ2v) is 6.67. The van der Waals surface area contributed by atoms with Crippen molar-refractivity contribution in [3.63, 3.8) is 0 Å². The monoisotopic (exact) mass is 370 g/mol. The van der Waals surface area contributed by atoms with E-state index in [2.05, 4.69) is 15.4 Å². The number of halogens is 3. The first-order valence-corrected chi connectivity index (χ1v) is 8.63. The van der Waals surface area contributed by atoms with Crippen molar-refractivity contribution in [3.05, 3.63) is 29.2 Å². The highest BCUT2D eigenvalue weighted by Crippen LogP contribution is 2.41. The van der Waals surface area contributed by atoms with Gasteiger partial charge in [-0.1, -0.05) is 0 Å². The van der Waals surface area contributed by atoms with Crippen molar-refractivity contribution in [3.8, 4) is 0 Å². The van der Waals surface area contributed by atoms with Gasteiger partial charge in [-0.25, -0.2) is 9.50 Å². The van der Waals surface area contributed by atoms with Crippen LogP contribution in [0.3, 0.4) is 0 Å². The van der Waals surface area contributed by atoms with Gasteiger partial charge in [-0.3, -0.25) is 4.79 Å². The molecular weight excluding hydrogens is 349 g/mol. The molecule has 142 valence electrons. The lowest BCUT2D eigenvalue weighted by Gasteiger charge is -2.10. The van der Waals surface area contributed by atoms with Crippen LogP contribution in [0.2, 0.25) is 0 Å². The van der Waals surface area contributed by atoms with Crippen LogP contribution in [-0.4, -0.2) is 39.8 Å². The van der Waals surface area contributed by atoms with Gasteiger partial charge in [-0.05, 0) is 39.2 Å². The smallest absolute Gasteiger partial charge is 0.379 e. The van der Waals surface area contributed by atoms with Crippen molar-refractivity contribution in [2.45, 2.75) is 51.3 Å². The van der Waals surface area contributed by atoms with Gasteiger partial charge in [-0.15, -0.1) is 0 Å². The van der Waals surface area contributed by atoms with Gasteiger partial charge in [0.15, 0.2) is 11.3 Å². The molecule has 0 spiro atoms. The van der Waals surface area contributed by atoms with Gasteiger partial charge in [0, 0.05) is 30.8 Å². The Kier molecular flexibility index (Phi) is 5.17. The van der Waals surface area contributed by atoms with Gasteiger partial charge in [0.25, 0.3) is 5.91 Å². The molecule has 0 unspecified atom stereocenters. The van der Waals surface area contributed by atoms with Crippen molar-refractivity contribution >= 4 is 11.6 Å². The lowest BCUT2D eigenvalue weighted by Crippen LogP contribution is -2.26. The maximum absolute atomic E-state index is 13.3. The van der Waals surface area contributed by atoms with Crippen LogP contribution in [0, 0.1) is 0 Å². The first-order chi connectivity index (χ1) is 12.3. The number of alkyl halides is 3. The molecule has 26 heavy (non-hydrogen) atoms. The lowest BCUT2D eigenvalue weighted by molar-refractivity contribution is -0.142. The Bertz CT molecular complexity index is 797. The minimum Gasteiger partial charge on any atom is -0.379 e. The SMILES string of the molecule is CC(C)OCCCNC(=O)c1cc2nc(C3CC3)cc(C(F)(F)F)n2n1. The van der Waals surface area contributed by atoms with E-state index in [9.17, 15) is 18.0 Å². The molecule has 6 nitrogen and oxygen atoms in total. The van der Waals surface area contributed by atoms with Crippen molar-refractivity contribution in [1.82, 2.24) is 19.9 Å². The highest BCUT2D eigenvalue weighted by atomic mass is 19.4. The minimum atomic E-state index is -4.57. The van der Waals surface area contributed by atoms with Gasteiger partial charge < -0.3 is 10.1 Å². The molecule has 3 rings (SSSR count). The third kappa shape index (κ3) is 4.32. The summed E-state index contributed by atoms with van der Waals surface area (Å²) in [5.74, 6) is -0.463. The van der Waals surface area contributed by atoms with Gasteiger partial charge in [0.05, 0.1) is 6.10 Å². The van der Waals surface area contributed by atoms with Crippen LogP contribution >= 0.6 is 0 Å². The molecule has 1 amide bonds. The Morgan fingerprint density at radius 3 is 2.73 bits per heavy atom. The number of carbonyl (C=O) groups excluding carboxylic acids is 1. The third-order valence-corrected chi connectivity index (χ3v) is 4.02. The van der Waals surface area contributed by atoms with Gasteiger partial charge >= 0.3 is 6.18 Å². The van der Waals surface area contributed by atoms with E-state index in [1.165, 1.54) is 6.07 Å². The molecular formula is C17H21F3N4O2. The summed E-state index contributed by atoms with van der Waals surface area (Å²) < 4.78 is 46.1. The topological polar surface area (TPSA) is 68.5 Å². The van der Waals surface area contributed by atoms with Gasteiger partial charge in [0.1, 0.15) is 5.69 Å². The number of nitrogens with one attached hydrogen (secondary N) is 1. The number of rotatable bonds is 7. The Labute approximate surface area is 148 Å². The fraction of sp³-hybridized carbons (Fsp3) is 0.588. The molecule has 1 saturated carbocycles. The van der Waals surface area contributed by atoms with Crippen LogP contribution in [0.25, 0.3) is 5.65 Å². The summed E-state index contributed by atoms with van der Waals surface area (Å²) in [6, 6.07) is 2.32. The van der Waals surface area contributed by atoms with Crippen LogP contribution in [0.4, 0.5) is 13.2 Å². The normalized spacial score (nSPS) is 15.0. The van der Waals surface area contributed by atoms with Crippen LogP contribution in [0.1, 0.15) is 60.9 Å². The second-order valence-electron chi connectivity index (χ2n) is 6.67. The van der Waals surface area contributed by atoms with Crippen LogP contribution in [-0.2, 0) is 10.9 Å². The van der Waals surface area contributed by atoms with Gasteiger partial charge in [-0.2, -0.15) is 18.3 Å². The van der Waals surface area contributed by atoms with Crippen molar-refractivity contribution < 1.29 is 22.7 Å². The lowest BCUT2D eigenvalue weighted by atomic mass is 10.2. The summed E-state index contributed by atoms with van der Waals surface area (Å²) in [6.07, 6.45) is -2.19. The second kappa shape index (κ2) is 7.22. The summed E-state index contributed by atoms with van der Waals surface area (Å²) in [7, 11) is 0. The molecule has 1 fully saturated rings. The molecule has 9 heteroatoms. The Morgan fingerprint density at radius 1 is 1.38 bits per heavy atom. The van der Waals surface area contributed by atoms with E-state index in [0.717, 1.165) is 18.9 Å². The standard InChI is InChI=1S/C17H21F3N4O2/c1-10(2)26-7-3-6-21-16(25)13-9-15-22-12(11-4-5-11)8-14(17(18,19)20)24(15)23-13/h8-11H,3-7H2,1-2H3,(H,21,25). The highest BCUT2D eigenvalue weighted by molar-refractivity contribution is 5.93. The first-order valence-electron chi connectivity index (χ1n) is 8.63. The van der Waals surface area contributed by atoms with Crippen LogP contribution in [0.5, 0.6) is 0 Å².